The van der Waals surface area contributed by atoms with Gasteiger partial charge in [-0.05, 0) is 45.6 Å². The lowest BCUT2D eigenvalue weighted by Gasteiger charge is -2.16. The summed E-state index contributed by atoms with van der Waals surface area (Å²) in [5, 5.41) is -0.731. The molecule has 0 saturated carbocycles. The van der Waals surface area contributed by atoms with Crippen molar-refractivity contribution in [2.24, 2.45) is 0 Å². The predicted octanol–water partition coefficient (Wildman–Crippen LogP) is 2.85. The zero-order chi connectivity index (χ0) is 19.2. The van der Waals surface area contributed by atoms with Crippen LogP contribution in [0.25, 0.3) is 0 Å². The van der Waals surface area contributed by atoms with Crippen molar-refractivity contribution in [3.8, 4) is 0 Å². The third-order valence-electron chi connectivity index (χ3n) is 4.21. The number of nitrogens with one attached hydrogen (secondary N) is 1. The highest BCUT2D eigenvalue weighted by molar-refractivity contribution is 7.89. The molecular formula is C20H26N2O3S. The van der Waals surface area contributed by atoms with Crippen LogP contribution in [0.4, 0.5) is 0 Å². The lowest BCUT2D eigenvalue weighted by molar-refractivity contribution is 0.103. The second kappa shape index (κ2) is 9.07. The molecule has 1 atom stereocenters. The molecule has 0 aliphatic carbocycles. The van der Waals surface area contributed by atoms with Gasteiger partial charge in [0, 0.05) is 17.7 Å². The van der Waals surface area contributed by atoms with Gasteiger partial charge in [-0.25, -0.2) is 13.1 Å². The molecule has 2 aromatic carbocycles. The largest absolute Gasteiger partial charge is 0.309 e. The smallest absolute Gasteiger partial charge is 0.218 e. The van der Waals surface area contributed by atoms with Gasteiger partial charge >= 0.3 is 0 Å². The molecule has 0 bridgehead atoms. The van der Waals surface area contributed by atoms with E-state index in [1.807, 2.05) is 37.2 Å². The number of rotatable bonds is 9. The van der Waals surface area contributed by atoms with Gasteiger partial charge in [-0.2, -0.15) is 0 Å². The first kappa shape index (κ1) is 20.3. The average molecular weight is 375 g/mol. The Kier molecular flexibility index (Phi) is 7.08. The van der Waals surface area contributed by atoms with Crippen LogP contribution in [0, 0.1) is 0 Å². The maximum Gasteiger partial charge on any atom is 0.218 e. The zero-order valence-electron chi connectivity index (χ0n) is 15.5. The summed E-state index contributed by atoms with van der Waals surface area (Å²) in [5.74, 6) is -0.115. The van der Waals surface area contributed by atoms with Gasteiger partial charge in [-0.3, -0.25) is 4.79 Å². The van der Waals surface area contributed by atoms with E-state index in [4.69, 9.17) is 0 Å². The molecular weight excluding hydrogens is 348 g/mol. The zero-order valence-corrected chi connectivity index (χ0v) is 16.3. The highest BCUT2D eigenvalue weighted by atomic mass is 32.2. The Morgan fingerprint density at radius 3 is 2.35 bits per heavy atom. The minimum Gasteiger partial charge on any atom is -0.309 e. The van der Waals surface area contributed by atoms with Gasteiger partial charge in [-0.15, -0.1) is 0 Å². The standard InChI is InChI=1S/C20H26N2O3S/c1-16(26(24,25)21-13-8-14-22(2)3)18-11-7-12-19(15-18)20(23)17-9-5-4-6-10-17/h4-7,9-12,15-16,21H,8,13-14H2,1-3H3. The van der Waals surface area contributed by atoms with Crippen molar-refractivity contribution in [3.05, 3.63) is 71.3 Å². The monoisotopic (exact) mass is 374 g/mol. The van der Waals surface area contributed by atoms with Gasteiger partial charge in [0.25, 0.3) is 0 Å². The summed E-state index contributed by atoms with van der Waals surface area (Å²) in [6.07, 6.45) is 0.742. The molecule has 0 heterocycles. The Bertz CT molecular complexity index is 833. The highest BCUT2D eigenvalue weighted by Crippen LogP contribution is 2.23. The topological polar surface area (TPSA) is 66.5 Å². The van der Waals surface area contributed by atoms with Crippen LogP contribution in [0.1, 0.15) is 40.1 Å². The highest BCUT2D eigenvalue weighted by Gasteiger charge is 2.23. The number of sulfonamides is 1. The lowest BCUT2D eigenvalue weighted by Crippen LogP contribution is -2.30. The molecule has 26 heavy (non-hydrogen) atoms. The molecule has 2 rings (SSSR count). The maximum atomic E-state index is 12.6. The minimum atomic E-state index is -3.50. The third-order valence-corrected chi connectivity index (χ3v) is 6.01. The molecule has 1 unspecified atom stereocenters. The second-order valence-electron chi connectivity index (χ2n) is 6.56. The number of hydrogen-bond acceptors (Lipinski definition) is 4. The maximum absolute atomic E-state index is 12.6. The van der Waals surface area contributed by atoms with Crippen LogP contribution in [0.15, 0.2) is 54.6 Å². The molecule has 0 spiro atoms. The summed E-state index contributed by atoms with van der Waals surface area (Å²) in [6.45, 7) is 2.85. The van der Waals surface area contributed by atoms with Gasteiger partial charge in [0.2, 0.25) is 10.0 Å². The molecule has 0 aliphatic heterocycles. The van der Waals surface area contributed by atoms with Gasteiger partial charge in [-0.1, -0.05) is 48.5 Å². The van der Waals surface area contributed by atoms with Crippen molar-refractivity contribution in [1.29, 1.82) is 0 Å². The molecule has 0 amide bonds. The molecule has 140 valence electrons. The molecule has 6 heteroatoms. The molecule has 0 fully saturated rings. The van der Waals surface area contributed by atoms with E-state index in [9.17, 15) is 13.2 Å². The number of hydrogen-bond donors (Lipinski definition) is 1. The summed E-state index contributed by atoms with van der Waals surface area (Å²) in [5.41, 5.74) is 1.68. The number of ketones is 1. The normalized spacial score (nSPS) is 12.9. The molecule has 2 aromatic rings. The molecule has 5 nitrogen and oxygen atoms in total. The van der Waals surface area contributed by atoms with Gasteiger partial charge in [0.05, 0.1) is 5.25 Å². The van der Waals surface area contributed by atoms with E-state index in [-0.39, 0.29) is 5.78 Å². The van der Waals surface area contributed by atoms with Crippen LogP contribution < -0.4 is 4.72 Å². The van der Waals surface area contributed by atoms with E-state index < -0.39 is 15.3 Å². The summed E-state index contributed by atoms with van der Waals surface area (Å²) in [6, 6.07) is 15.8. The predicted molar refractivity (Wildman–Crippen MR) is 105 cm³/mol. The summed E-state index contributed by atoms with van der Waals surface area (Å²) < 4.78 is 27.7. The van der Waals surface area contributed by atoms with E-state index in [0.29, 0.717) is 23.2 Å². The van der Waals surface area contributed by atoms with E-state index >= 15 is 0 Å². The molecule has 0 saturated heterocycles. The van der Waals surface area contributed by atoms with Crippen LogP contribution in [0.2, 0.25) is 0 Å². The first-order chi connectivity index (χ1) is 12.3. The fraction of sp³-hybridized carbons (Fsp3) is 0.350. The third kappa shape index (κ3) is 5.49. The van der Waals surface area contributed by atoms with Crippen LogP contribution in [-0.4, -0.2) is 46.3 Å². The summed E-state index contributed by atoms with van der Waals surface area (Å²) in [7, 11) is 0.403. The second-order valence-corrected chi connectivity index (χ2v) is 8.64. The Morgan fingerprint density at radius 1 is 1.04 bits per heavy atom. The van der Waals surface area contributed by atoms with E-state index in [1.165, 1.54) is 0 Å². The average Bonchev–Trinajstić information content (AvgIpc) is 2.64. The number of carbonyl (C=O) groups is 1. The van der Waals surface area contributed by atoms with Crippen molar-refractivity contribution in [2.75, 3.05) is 27.2 Å². The van der Waals surface area contributed by atoms with E-state index in [2.05, 4.69) is 4.72 Å². The molecule has 1 N–H and O–H groups in total. The van der Waals surface area contributed by atoms with E-state index in [1.54, 1.807) is 43.3 Å². The van der Waals surface area contributed by atoms with Crippen LogP contribution in [0.3, 0.4) is 0 Å². The van der Waals surface area contributed by atoms with Crippen molar-refractivity contribution < 1.29 is 13.2 Å². The molecule has 0 radical (unpaired) electrons. The van der Waals surface area contributed by atoms with Crippen molar-refractivity contribution in [2.45, 2.75) is 18.6 Å². The Balaban J connectivity index is 2.12. The minimum absolute atomic E-state index is 0.115. The molecule has 0 aromatic heterocycles. The van der Waals surface area contributed by atoms with Crippen LogP contribution in [0.5, 0.6) is 0 Å². The number of benzene rings is 2. The van der Waals surface area contributed by atoms with Crippen molar-refractivity contribution >= 4 is 15.8 Å². The number of nitrogens with zero attached hydrogens (tertiary/aromatic N) is 1. The first-order valence-corrected chi connectivity index (χ1v) is 10.2. The Labute approximate surface area is 156 Å². The lowest BCUT2D eigenvalue weighted by atomic mass is 10.0. The van der Waals surface area contributed by atoms with Crippen molar-refractivity contribution in [3.63, 3.8) is 0 Å². The summed E-state index contributed by atoms with van der Waals surface area (Å²) >= 11 is 0. The van der Waals surface area contributed by atoms with Crippen LogP contribution >= 0.6 is 0 Å². The SMILES string of the molecule is CC(c1cccc(C(=O)c2ccccc2)c1)S(=O)(=O)NCCCN(C)C. The van der Waals surface area contributed by atoms with Gasteiger partial charge in [0.1, 0.15) is 0 Å². The van der Waals surface area contributed by atoms with Crippen molar-refractivity contribution in [1.82, 2.24) is 9.62 Å². The molecule has 0 aliphatic rings. The summed E-state index contributed by atoms with van der Waals surface area (Å²) in [4.78, 5) is 14.6. The number of carbonyl (C=O) groups excluding carboxylic acids is 1. The van der Waals surface area contributed by atoms with Gasteiger partial charge < -0.3 is 4.90 Å². The Hall–Kier alpha value is -2.02. The fourth-order valence-corrected chi connectivity index (χ4v) is 3.79. The quantitative estimate of drug-likeness (QED) is 0.541. The van der Waals surface area contributed by atoms with E-state index in [0.717, 1.165) is 13.0 Å². The Morgan fingerprint density at radius 2 is 1.69 bits per heavy atom. The van der Waals surface area contributed by atoms with Gasteiger partial charge in [0.15, 0.2) is 5.78 Å². The van der Waals surface area contributed by atoms with Crippen LogP contribution in [-0.2, 0) is 10.0 Å². The fourth-order valence-electron chi connectivity index (χ4n) is 2.60. The first-order valence-electron chi connectivity index (χ1n) is 8.64.